The van der Waals surface area contributed by atoms with E-state index in [2.05, 4.69) is 10.3 Å². The van der Waals surface area contributed by atoms with Crippen LogP contribution in [0.5, 0.6) is 0 Å². The monoisotopic (exact) mass is 235 g/mol. The molecule has 0 spiro atoms. The lowest BCUT2D eigenvalue weighted by Crippen LogP contribution is -2.41. The van der Waals surface area contributed by atoms with E-state index in [-0.39, 0.29) is 23.9 Å². The molecule has 1 aliphatic rings. The Balaban J connectivity index is 1.95. The summed E-state index contributed by atoms with van der Waals surface area (Å²) in [6.07, 6.45) is 1.71. The van der Waals surface area contributed by atoms with Gasteiger partial charge in [0, 0.05) is 12.2 Å². The molecule has 0 aliphatic carbocycles. The molecular formula is C12H17N3O2. The van der Waals surface area contributed by atoms with E-state index in [1.165, 1.54) is 0 Å². The van der Waals surface area contributed by atoms with Crippen LogP contribution in [0.3, 0.4) is 0 Å². The van der Waals surface area contributed by atoms with Crippen molar-refractivity contribution in [3.05, 3.63) is 30.1 Å². The summed E-state index contributed by atoms with van der Waals surface area (Å²) in [6.45, 7) is 2.76. The fourth-order valence-electron chi connectivity index (χ4n) is 1.87. The normalized spacial score (nSPS) is 25.5. The molecule has 2 rings (SSSR count). The van der Waals surface area contributed by atoms with E-state index in [9.17, 15) is 4.79 Å². The fraction of sp³-hybridized carbons (Fsp3) is 0.500. The largest absolute Gasteiger partial charge is 0.379 e. The smallest absolute Gasteiger partial charge is 0.227 e. The number of pyridine rings is 1. The number of amides is 1. The molecule has 1 aliphatic heterocycles. The first kappa shape index (κ1) is 12.0. The Kier molecular flexibility index (Phi) is 3.71. The molecule has 92 valence electrons. The Morgan fingerprint density at radius 3 is 3.00 bits per heavy atom. The highest BCUT2D eigenvalue weighted by molar-refractivity contribution is 5.80. The van der Waals surface area contributed by atoms with Crippen LogP contribution in [-0.2, 0) is 9.53 Å². The minimum absolute atomic E-state index is 0.0619. The molecule has 17 heavy (non-hydrogen) atoms. The van der Waals surface area contributed by atoms with Gasteiger partial charge in [-0.05, 0) is 19.1 Å². The highest BCUT2D eigenvalue weighted by atomic mass is 16.5. The summed E-state index contributed by atoms with van der Waals surface area (Å²) < 4.78 is 5.18. The third-order valence-corrected chi connectivity index (χ3v) is 2.95. The van der Waals surface area contributed by atoms with Gasteiger partial charge in [-0.15, -0.1) is 0 Å². The van der Waals surface area contributed by atoms with Gasteiger partial charge in [-0.25, -0.2) is 0 Å². The Morgan fingerprint density at radius 1 is 1.59 bits per heavy atom. The van der Waals surface area contributed by atoms with E-state index >= 15 is 0 Å². The molecule has 0 aromatic carbocycles. The van der Waals surface area contributed by atoms with Crippen LogP contribution < -0.4 is 11.1 Å². The van der Waals surface area contributed by atoms with Crippen LogP contribution in [0.2, 0.25) is 0 Å². The summed E-state index contributed by atoms with van der Waals surface area (Å²) in [5.41, 5.74) is 6.63. The van der Waals surface area contributed by atoms with Gasteiger partial charge in [0.15, 0.2) is 0 Å². The van der Waals surface area contributed by atoms with Crippen molar-refractivity contribution in [2.45, 2.75) is 19.0 Å². The van der Waals surface area contributed by atoms with Crippen LogP contribution in [0, 0.1) is 5.92 Å². The molecule has 2 unspecified atom stereocenters. The van der Waals surface area contributed by atoms with E-state index in [4.69, 9.17) is 10.5 Å². The molecule has 1 fully saturated rings. The van der Waals surface area contributed by atoms with Gasteiger partial charge in [0.2, 0.25) is 5.91 Å². The number of carbonyl (C=O) groups excluding carboxylic acids is 1. The lowest BCUT2D eigenvalue weighted by molar-refractivity contribution is -0.125. The van der Waals surface area contributed by atoms with Crippen molar-refractivity contribution in [3.63, 3.8) is 0 Å². The number of hydrogen-bond acceptors (Lipinski definition) is 4. The Bertz CT molecular complexity index is 383. The highest BCUT2D eigenvalue weighted by Gasteiger charge is 2.32. The maximum Gasteiger partial charge on any atom is 0.227 e. The van der Waals surface area contributed by atoms with Gasteiger partial charge in [-0.1, -0.05) is 6.07 Å². The number of nitrogens with zero attached hydrogens (tertiary/aromatic N) is 1. The van der Waals surface area contributed by atoms with Crippen molar-refractivity contribution in [2.75, 3.05) is 13.2 Å². The highest BCUT2D eigenvalue weighted by Crippen LogP contribution is 2.14. The first-order valence-electron chi connectivity index (χ1n) is 5.73. The molecule has 1 amide bonds. The van der Waals surface area contributed by atoms with Crippen molar-refractivity contribution in [1.82, 2.24) is 10.3 Å². The van der Waals surface area contributed by atoms with Gasteiger partial charge >= 0.3 is 0 Å². The Labute approximate surface area is 100 Å². The van der Waals surface area contributed by atoms with E-state index in [1.807, 2.05) is 25.1 Å². The Hall–Kier alpha value is -1.46. The van der Waals surface area contributed by atoms with Crippen molar-refractivity contribution < 1.29 is 9.53 Å². The van der Waals surface area contributed by atoms with Crippen LogP contribution in [-0.4, -0.2) is 30.1 Å². The molecule has 5 heteroatoms. The number of hydrogen-bond donors (Lipinski definition) is 2. The maximum atomic E-state index is 11.9. The van der Waals surface area contributed by atoms with Crippen LogP contribution in [0.25, 0.3) is 0 Å². The molecule has 0 bridgehead atoms. The van der Waals surface area contributed by atoms with Gasteiger partial charge in [0.05, 0.1) is 30.9 Å². The average Bonchev–Trinajstić information content (AvgIpc) is 2.76. The number of rotatable bonds is 3. The number of carbonyl (C=O) groups is 1. The van der Waals surface area contributed by atoms with Crippen molar-refractivity contribution in [3.8, 4) is 0 Å². The van der Waals surface area contributed by atoms with E-state index < -0.39 is 0 Å². The topological polar surface area (TPSA) is 77.2 Å². The van der Waals surface area contributed by atoms with Gasteiger partial charge < -0.3 is 15.8 Å². The minimum atomic E-state index is -0.249. The molecule has 1 aromatic rings. The summed E-state index contributed by atoms with van der Waals surface area (Å²) in [5, 5.41) is 2.91. The number of nitrogens with two attached hydrogens (primary N) is 1. The van der Waals surface area contributed by atoms with Crippen molar-refractivity contribution in [1.29, 1.82) is 0 Å². The lowest BCUT2D eigenvalue weighted by Gasteiger charge is -2.18. The average molecular weight is 235 g/mol. The van der Waals surface area contributed by atoms with Gasteiger partial charge in [-0.3, -0.25) is 9.78 Å². The zero-order valence-electron chi connectivity index (χ0n) is 9.80. The van der Waals surface area contributed by atoms with Gasteiger partial charge in [-0.2, -0.15) is 0 Å². The van der Waals surface area contributed by atoms with E-state index in [0.717, 1.165) is 5.69 Å². The molecule has 1 saturated heterocycles. The second kappa shape index (κ2) is 5.25. The summed E-state index contributed by atoms with van der Waals surface area (Å²) >= 11 is 0. The standard InChI is InChI=1S/C12H17N3O2/c1-8(11-4-2-3-5-14-11)15-12(16)9-6-17-7-10(9)13/h2-5,8-10H,6-7,13H2,1H3,(H,15,16)/t8-,9?,10?/m0/s1. The van der Waals surface area contributed by atoms with Crippen LogP contribution in [0.15, 0.2) is 24.4 Å². The van der Waals surface area contributed by atoms with E-state index in [1.54, 1.807) is 6.20 Å². The molecule has 5 nitrogen and oxygen atoms in total. The summed E-state index contributed by atoms with van der Waals surface area (Å²) in [5.74, 6) is -0.311. The molecule has 3 N–H and O–H groups in total. The zero-order chi connectivity index (χ0) is 12.3. The molecule has 2 heterocycles. The van der Waals surface area contributed by atoms with Crippen LogP contribution >= 0.6 is 0 Å². The maximum absolute atomic E-state index is 11.9. The third kappa shape index (κ3) is 2.81. The molecule has 1 aromatic heterocycles. The summed E-state index contributed by atoms with van der Waals surface area (Å²) in [4.78, 5) is 16.1. The first-order valence-corrected chi connectivity index (χ1v) is 5.73. The van der Waals surface area contributed by atoms with Gasteiger partial charge in [0.25, 0.3) is 0 Å². The third-order valence-electron chi connectivity index (χ3n) is 2.95. The SMILES string of the molecule is C[C@H](NC(=O)C1COCC1N)c1ccccn1. The second-order valence-electron chi connectivity index (χ2n) is 4.29. The summed E-state index contributed by atoms with van der Waals surface area (Å²) in [6, 6.07) is 5.31. The van der Waals surface area contributed by atoms with Crippen molar-refractivity contribution >= 4 is 5.91 Å². The number of aromatic nitrogens is 1. The molecule has 3 atom stereocenters. The number of ether oxygens (including phenoxy) is 1. The minimum Gasteiger partial charge on any atom is -0.379 e. The van der Waals surface area contributed by atoms with Crippen LogP contribution in [0.4, 0.5) is 0 Å². The molecule has 0 saturated carbocycles. The summed E-state index contributed by atoms with van der Waals surface area (Å²) in [7, 11) is 0. The molecular weight excluding hydrogens is 218 g/mol. The fourth-order valence-corrected chi connectivity index (χ4v) is 1.87. The lowest BCUT2D eigenvalue weighted by atomic mass is 10.0. The molecule has 0 radical (unpaired) electrons. The first-order chi connectivity index (χ1) is 8.18. The zero-order valence-corrected chi connectivity index (χ0v) is 9.80. The number of nitrogens with one attached hydrogen (secondary N) is 1. The second-order valence-corrected chi connectivity index (χ2v) is 4.29. The quantitative estimate of drug-likeness (QED) is 0.786. The van der Waals surface area contributed by atoms with Crippen molar-refractivity contribution in [2.24, 2.45) is 11.7 Å². The predicted octanol–water partition coefficient (Wildman–Crippen LogP) is 0.232. The predicted molar refractivity (Wildman–Crippen MR) is 63.1 cm³/mol. The van der Waals surface area contributed by atoms with Crippen LogP contribution in [0.1, 0.15) is 18.7 Å². The van der Waals surface area contributed by atoms with E-state index in [0.29, 0.717) is 13.2 Å². The van der Waals surface area contributed by atoms with Gasteiger partial charge in [0.1, 0.15) is 0 Å². The Morgan fingerprint density at radius 2 is 2.41 bits per heavy atom.